The van der Waals surface area contributed by atoms with Gasteiger partial charge in [0.15, 0.2) is 5.82 Å². The zero-order chi connectivity index (χ0) is 21.7. The molecule has 2 aliphatic rings. The van der Waals surface area contributed by atoms with E-state index < -0.39 is 6.17 Å². The number of amides is 1. The van der Waals surface area contributed by atoms with Crippen LogP contribution in [0.5, 0.6) is 0 Å². The summed E-state index contributed by atoms with van der Waals surface area (Å²) in [6.45, 7) is 8.42. The fourth-order valence-electron chi connectivity index (χ4n) is 4.61. The van der Waals surface area contributed by atoms with Crippen LogP contribution in [0.1, 0.15) is 27.2 Å². The molecule has 2 aromatic heterocycles. The molecule has 4 rings (SSSR count). The largest absolute Gasteiger partial charge is 0.354 e. The summed E-state index contributed by atoms with van der Waals surface area (Å²) in [6.07, 6.45) is 3.95. The Kier molecular flexibility index (Phi) is 5.12. The molecular weight excluding hydrogens is 409 g/mol. The lowest BCUT2D eigenvalue weighted by Crippen LogP contribution is -2.36. The van der Waals surface area contributed by atoms with Gasteiger partial charge < -0.3 is 15.1 Å². The molecule has 30 heavy (non-hydrogen) atoms. The number of hydrogen-bond donors (Lipinski definition) is 1. The molecule has 0 radical (unpaired) electrons. The topological polar surface area (TPSA) is 79.2 Å². The molecule has 3 atom stereocenters. The van der Waals surface area contributed by atoms with Crippen molar-refractivity contribution in [3.8, 4) is 0 Å². The number of rotatable bonds is 5. The Balaban J connectivity index is 1.52. The number of likely N-dealkylation sites (tertiary alicyclic amines) is 1. The highest BCUT2D eigenvalue weighted by atomic mass is 35.5. The first kappa shape index (κ1) is 20.8. The molecule has 10 heteroatoms. The first-order valence-corrected chi connectivity index (χ1v) is 10.4. The van der Waals surface area contributed by atoms with E-state index in [0.29, 0.717) is 43.0 Å². The van der Waals surface area contributed by atoms with E-state index in [1.807, 2.05) is 18.1 Å². The number of carbonyl (C=O) groups excluding carboxylic acids is 1. The van der Waals surface area contributed by atoms with Crippen molar-refractivity contribution in [2.75, 3.05) is 36.4 Å². The summed E-state index contributed by atoms with van der Waals surface area (Å²) in [5.41, 5.74) is 0.528. The quantitative estimate of drug-likeness (QED) is 0.777. The lowest BCUT2D eigenvalue weighted by atomic mass is 9.71. The average Bonchev–Trinajstić information content (AvgIpc) is 3.24. The number of halogens is 2. The first-order chi connectivity index (χ1) is 14.1. The van der Waals surface area contributed by atoms with Crippen LogP contribution in [-0.2, 0) is 11.8 Å². The number of nitrogens with zero attached hydrogens (tertiary/aromatic N) is 6. The van der Waals surface area contributed by atoms with E-state index >= 15 is 0 Å². The number of carbonyl (C=O) groups is 1. The van der Waals surface area contributed by atoms with Gasteiger partial charge in [0.1, 0.15) is 11.2 Å². The maximum atomic E-state index is 13.3. The number of fused-ring (bicyclic) bond motifs is 1. The summed E-state index contributed by atoms with van der Waals surface area (Å²) in [5.74, 6) is 1.00. The molecule has 1 unspecified atom stereocenters. The zero-order valence-electron chi connectivity index (χ0n) is 17.7. The van der Waals surface area contributed by atoms with Gasteiger partial charge >= 0.3 is 0 Å². The van der Waals surface area contributed by atoms with Gasteiger partial charge in [-0.2, -0.15) is 10.1 Å². The van der Waals surface area contributed by atoms with Gasteiger partial charge in [0.25, 0.3) is 0 Å². The molecule has 0 aromatic carbocycles. The maximum absolute atomic E-state index is 13.3. The summed E-state index contributed by atoms with van der Waals surface area (Å²) in [5, 5.41) is 7.76. The molecule has 2 aliphatic heterocycles. The summed E-state index contributed by atoms with van der Waals surface area (Å²) >= 11 is 6.45. The first-order valence-electron chi connectivity index (χ1n) is 10.0. The van der Waals surface area contributed by atoms with Gasteiger partial charge in [-0.05, 0) is 6.92 Å². The highest BCUT2D eigenvalue weighted by Gasteiger charge is 2.58. The number of hydrogen-bond acceptors (Lipinski definition) is 6. The molecule has 0 spiro atoms. The number of nitrogens with one attached hydrogen (secondary N) is 1. The van der Waals surface area contributed by atoms with Crippen LogP contribution >= 0.6 is 11.6 Å². The fourth-order valence-corrected chi connectivity index (χ4v) is 4.82. The van der Waals surface area contributed by atoms with Crippen LogP contribution in [0, 0.1) is 10.8 Å². The highest BCUT2D eigenvalue weighted by Crippen LogP contribution is 2.53. The van der Waals surface area contributed by atoms with E-state index in [1.165, 1.54) is 6.92 Å². The molecule has 2 aromatic rings. The smallest absolute Gasteiger partial charge is 0.229 e. The fraction of sp³-hybridized carbons (Fsp3) is 0.600. The number of aryl methyl sites for hydroxylation is 1. The lowest BCUT2D eigenvalue weighted by molar-refractivity contribution is -0.131. The van der Waals surface area contributed by atoms with E-state index in [4.69, 9.17) is 11.6 Å². The second-order valence-electron chi connectivity index (χ2n) is 9.10. The Bertz CT molecular complexity index is 946. The Labute approximate surface area is 180 Å². The monoisotopic (exact) mass is 435 g/mol. The van der Waals surface area contributed by atoms with E-state index in [0.717, 1.165) is 5.69 Å². The van der Waals surface area contributed by atoms with Crippen molar-refractivity contribution in [1.29, 1.82) is 0 Å². The van der Waals surface area contributed by atoms with Gasteiger partial charge in [0.05, 0.1) is 24.5 Å². The van der Waals surface area contributed by atoms with Gasteiger partial charge in [0, 0.05) is 50.3 Å². The predicted octanol–water partition coefficient (Wildman–Crippen LogP) is 3.03. The van der Waals surface area contributed by atoms with Gasteiger partial charge in [-0.1, -0.05) is 25.4 Å². The second kappa shape index (κ2) is 7.37. The molecule has 0 aliphatic carbocycles. The Hall–Kier alpha value is -2.42. The number of anilines is 3. The van der Waals surface area contributed by atoms with Crippen LogP contribution in [0.2, 0.25) is 5.02 Å². The summed E-state index contributed by atoms with van der Waals surface area (Å²) in [6, 6.07) is 0. The average molecular weight is 436 g/mol. The third-order valence-corrected chi connectivity index (χ3v) is 6.68. The third kappa shape index (κ3) is 3.71. The Morgan fingerprint density at radius 1 is 1.27 bits per heavy atom. The van der Waals surface area contributed by atoms with Crippen molar-refractivity contribution in [1.82, 2.24) is 24.6 Å². The van der Waals surface area contributed by atoms with Crippen molar-refractivity contribution >= 4 is 35.0 Å². The van der Waals surface area contributed by atoms with Crippen LogP contribution in [0.25, 0.3) is 0 Å². The Morgan fingerprint density at radius 3 is 2.50 bits per heavy atom. The van der Waals surface area contributed by atoms with Crippen LogP contribution in [0.3, 0.4) is 0 Å². The minimum absolute atomic E-state index is 0.0585. The number of aromatic nitrogens is 4. The molecule has 2 fully saturated rings. The van der Waals surface area contributed by atoms with Crippen molar-refractivity contribution in [3.05, 3.63) is 23.6 Å². The van der Waals surface area contributed by atoms with Crippen molar-refractivity contribution in [2.24, 2.45) is 17.9 Å². The van der Waals surface area contributed by atoms with Crippen LogP contribution in [0.15, 0.2) is 18.6 Å². The van der Waals surface area contributed by atoms with Crippen molar-refractivity contribution in [2.45, 2.75) is 33.4 Å². The molecule has 1 amide bonds. The zero-order valence-corrected chi connectivity index (χ0v) is 18.4. The van der Waals surface area contributed by atoms with Gasteiger partial charge in [-0.15, -0.1) is 0 Å². The molecule has 8 nitrogen and oxygen atoms in total. The number of alkyl halides is 1. The Morgan fingerprint density at radius 2 is 1.93 bits per heavy atom. The normalized spacial score (nSPS) is 26.7. The van der Waals surface area contributed by atoms with Crippen molar-refractivity contribution in [3.63, 3.8) is 0 Å². The molecule has 1 N–H and O–H groups in total. The van der Waals surface area contributed by atoms with Gasteiger partial charge in [-0.3, -0.25) is 9.48 Å². The van der Waals surface area contributed by atoms with Crippen LogP contribution in [0.4, 0.5) is 21.8 Å². The minimum atomic E-state index is -1.12. The SMILES string of the molecule is CC(F)CC(=O)N1C[C@@]2(C)CN(c3nc(Nc4cnn(C)c4)ncc3Cl)C[C@@]2(C)C1. The lowest BCUT2D eigenvalue weighted by Gasteiger charge is -2.29. The summed E-state index contributed by atoms with van der Waals surface area (Å²) in [4.78, 5) is 25.3. The van der Waals surface area contributed by atoms with E-state index in [-0.39, 0.29) is 23.2 Å². The minimum Gasteiger partial charge on any atom is -0.354 e. The molecule has 0 saturated carbocycles. The highest BCUT2D eigenvalue weighted by molar-refractivity contribution is 6.32. The van der Waals surface area contributed by atoms with Crippen molar-refractivity contribution < 1.29 is 9.18 Å². The second-order valence-corrected chi connectivity index (χ2v) is 9.51. The maximum Gasteiger partial charge on any atom is 0.229 e. The predicted molar refractivity (Wildman–Crippen MR) is 114 cm³/mol. The van der Waals surface area contributed by atoms with Crippen LogP contribution < -0.4 is 10.2 Å². The third-order valence-electron chi connectivity index (χ3n) is 6.41. The molecule has 162 valence electrons. The van der Waals surface area contributed by atoms with E-state index in [1.54, 1.807) is 17.1 Å². The molecular formula is C20H27ClFN7O. The summed E-state index contributed by atoms with van der Waals surface area (Å²) < 4.78 is 15.0. The van der Waals surface area contributed by atoms with Gasteiger partial charge in [-0.25, -0.2) is 9.37 Å². The molecule has 0 bridgehead atoms. The molecule has 2 saturated heterocycles. The standard InChI is InChI=1S/C20H27ClFN7O/c1-13(22)5-16(30)28-9-19(2)11-29(12-20(19,3)10-28)17-15(21)7-23-18(26-17)25-14-6-24-27(4)8-14/h6-8,13H,5,9-12H2,1-4H3,(H,23,25,26)/t13?,19-,20+. The van der Waals surface area contributed by atoms with E-state index in [9.17, 15) is 9.18 Å². The van der Waals surface area contributed by atoms with Gasteiger partial charge in [0.2, 0.25) is 11.9 Å². The van der Waals surface area contributed by atoms with Crippen LogP contribution in [-0.4, -0.2) is 62.9 Å². The van der Waals surface area contributed by atoms with E-state index in [2.05, 4.69) is 39.1 Å². The molecule has 4 heterocycles. The summed E-state index contributed by atoms with van der Waals surface area (Å²) in [7, 11) is 1.84.